The third-order valence-electron chi connectivity index (χ3n) is 5.73. The van der Waals surface area contributed by atoms with Gasteiger partial charge in [-0.15, -0.1) is 0 Å². The molecule has 0 aromatic heterocycles. The highest BCUT2D eigenvalue weighted by atomic mass is 35.5. The highest BCUT2D eigenvalue weighted by Gasteiger charge is 2.28. The second-order valence-corrected chi connectivity index (χ2v) is 9.12. The van der Waals surface area contributed by atoms with Crippen molar-refractivity contribution in [2.75, 3.05) is 16.9 Å². The Morgan fingerprint density at radius 2 is 1.86 bits per heavy atom. The molecule has 0 spiro atoms. The van der Waals surface area contributed by atoms with Crippen molar-refractivity contribution >= 4 is 46.7 Å². The van der Waals surface area contributed by atoms with Crippen LogP contribution in [0.5, 0.6) is 5.75 Å². The SMILES string of the molecule is CC(C)C(=O)NCc1ccc(Cl)c(C(=O)Nc2ccc3c(c2)C(=O)N(c2cccc(C(=O)O)c2)CO3)c1. The minimum absolute atomic E-state index is 0.0417. The van der Waals surface area contributed by atoms with E-state index in [0.29, 0.717) is 22.7 Å². The maximum atomic E-state index is 13.2. The standard InChI is InChI=1S/C27H24ClN3O6/c1-15(2)24(32)29-13-16-6-8-22(28)20(10-16)25(33)30-18-7-9-23-21(12-18)26(34)31(14-37-23)19-5-3-4-17(11-19)27(35)36/h3-12,15H,13-14H2,1-2H3,(H,29,32)(H,30,33)(H,35,36). The Bertz CT molecular complexity index is 1400. The fourth-order valence-corrected chi connectivity index (χ4v) is 3.89. The predicted molar refractivity (Wildman–Crippen MR) is 138 cm³/mol. The van der Waals surface area contributed by atoms with Gasteiger partial charge in [-0.05, 0) is 54.1 Å². The van der Waals surface area contributed by atoms with E-state index in [1.807, 2.05) is 0 Å². The second-order valence-electron chi connectivity index (χ2n) is 8.71. The number of anilines is 2. The molecule has 4 rings (SSSR count). The number of hydrogen-bond donors (Lipinski definition) is 3. The zero-order valence-corrected chi connectivity index (χ0v) is 20.8. The Labute approximate surface area is 218 Å². The maximum absolute atomic E-state index is 13.2. The molecule has 0 aliphatic carbocycles. The van der Waals surface area contributed by atoms with Gasteiger partial charge in [0, 0.05) is 23.8 Å². The molecule has 10 heteroatoms. The number of fused-ring (bicyclic) bond motifs is 1. The molecule has 0 radical (unpaired) electrons. The Morgan fingerprint density at radius 1 is 1.08 bits per heavy atom. The summed E-state index contributed by atoms with van der Waals surface area (Å²) in [6, 6.07) is 15.6. The number of ether oxygens (including phenoxy) is 1. The zero-order chi connectivity index (χ0) is 26.7. The summed E-state index contributed by atoms with van der Waals surface area (Å²) in [4.78, 5) is 50.7. The molecule has 1 aliphatic heterocycles. The van der Waals surface area contributed by atoms with E-state index in [2.05, 4.69) is 10.6 Å². The summed E-state index contributed by atoms with van der Waals surface area (Å²) in [7, 11) is 0. The van der Waals surface area contributed by atoms with E-state index in [1.165, 1.54) is 23.1 Å². The summed E-state index contributed by atoms with van der Waals surface area (Å²) in [5.41, 5.74) is 1.89. The lowest BCUT2D eigenvalue weighted by atomic mass is 10.1. The first-order valence-electron chi connectivity index (χ1n) is 11.4. The molecule has 0 saturated heterocycles. The Balaban J connectivity index is 1.53. The number of benzene rings is 3. The van der Waals surface area contributed by atoms with Crippen molar-refractivity contribution in [3.63, 3.8) is 0 Å². The van der Waals surface area contributed by atoms with Crippen molar-refractivity contribution < 1.29 is 29.0 Å². The number of nitrogens with zero attached hydrogens (tertiary/aromatic N) is 1. The van der Waals surface area contributed by atoms with Gasteiger partial charge in [0.25, 0.3) is 11.8 Å². The molecule has 3 aromatic carbocycles. The summed E-state index contributed by atoms with van der Waals surface area (Å²) in [5.74, 6) is -1.93. The van der Waals surface area contributed by atoms with Crippen molar-refractivity contribution in [1.29, 1.82) is 0 Å². The first kappa shape index (κ1) is 25.7. The maximum Gasteiger partial charge on any atom is 0.335 e. The summed E-state index contributed by atoms with van der Waals surface area (Å²) in [6.07, 6.45) is 0. The molecule has 1 aliphatic rings. The molecule has 3 amide bonds. The number of aromatic carboxylic acids is 1. The number of halogens is 1. The van der Waals surface area contributed by atoms with E-state index in [9.17, 15) is 24.3 Å². The number of carboxylic acid groups (broad SMARTS) is 1. The Kier molecular flexibility index (Phi) is 7.45. The highest BCUT2D eigenvalue weighted by Crippen LogP contribution is 2.31. The minimum atomic E-state index is -1.11. The van der Waals surface area contributed by atoms with Crippen LogP contribution in [0.4, 0.5) is 11.4 Å². The topological polar surface area (TPSA) is 125 Å². The van der Waals surface area contributed by atoms with Crippen LogP contribution in [0.15, 0.2) is 60.7 Å². The number of carbonyl (C=O) groups excluding carboxylic acids is 3. The van der Waals surface area contributed by atoms with Gasteiger partial charge in [-0.1, -0.05) is 37.6 Å². The van der Waals surface area contributed by atoms with Crippen LogP contribution in [0.1, 0.15) is 50.5 Å². The molecule has 190 valence electrons. The van der Waals surface area contributed by atoms with Crippen LogP contribution < -0.4 is 20.3 Å². The normalized spacial score (nSPS) is 12.5. The third kappa shape index (κ3) is 5.73. The quantitative estimate of drug-likeness (QED) is 0.418. The third-order valence-corrected chi connectivity index (χ3v) is 6.06. The van der Waals surface area contributed by atoms with E-state index in [-0.39, 0.29) is 46.8 Å². The van der Waals surface area contributed by atoms with Crippen LogP contribution in [-0.4, -0.2) is 35.5 Å². The summed E-state index contributed by atoms with van der Waals surface area (Å²) >= 11 is 6.26. The Hall–Kier alpha value is -4.37. The molecule has 37 heavy (non-hydrogen) atoms. The first-order chi connectivity index (χ1) is 17.6. The molecule has 3 N–H and O–H groups in total. The van der Waals surface area contributed by atoms with Crippen molar-refractivity contribution in [2.24, 2.45) is 5.92 Å². The van der Waals surface area contributed by atoms with Crippen molar-refractivity contribution in [3.8, 4) is 5.75 Å². The molecule has 0 atom stereocenters. The molecule has 9 nitrogen and oxygen atoms in total. The molecular weight excluding hydrogens is 498 g/mol. The molecule has 0 bridgehead atoms. The number of nitrogens with one attached hydrogen (secondary N) is 2. The minimum Gasteiger partial charge on any atom is -0.478 e. The number of carboxylic acids is 1. The molecule has 0 unspecified atom stereocenters. The van der Waals surface area contributed by atoms with E-state index in [4.69, 9.17) is 16.3 Å². The van der Waals surface area contributed by atoms with Crippen molar-refractivity contribution in [3.05, 3.63) is 87.9 Å². The van der Waals surface area contributed by atoms with Crippen LogP contribution >= 0.6 is 11.6 Å². The molecular formula is C27H24ClN3O6. The predicted octanol–water partition coefficient (Wildman–Crippen LogP) is 4.56. The van der Waals surface area contributed by atoms with Gasteiger partial charge in [-0.25, -0.2) is 4.79 Å². The molecule has 1 heterocycles. The fourth-order valence-electron chi connectivity index (χ4n) is 3.69. The van der Waals surface area contributed by atoms with E-state index < -0.39 is 17.8 Å². The Morgan fingerprint density at radius 3 is 2.59 bits per heavy atom. The van der Waals surface area contributed by atoms with Gasteiger partial charge < -0.3 is 20.5 Å². The first-order valence-corrected chi connectivity index (χ1v) is 11.8. The van der Waals surface area contributed by atoms with Crippen LogP contribution in [0, 0.1) is 5.92 Å². The van der Waals surface area contributed by atoms with Crippen LogP contribution in [-0.2, 0) is 11.3 Å². The van der Waals surface area contributed by atoms with Crippen LogP contribution in [0.25, 0.3) is 0 Å². The average Bonchev–Trinajstić information content (AvgIpc) is 2.88. The summed E-state index contributed by atoms with van der Waals surface area (Å²) in [5, 5.41) is 15.0. The van der Waals surface area contributed by atoms with Gasteiger partial charge >= 0.3 is 5.97 Å². The van der Waals surface area contributed by atoms with Crippen LogP contribution in [0.2, 0.25) is 5.02 Å². The van der Waals surface area contributed by atoms with E-state index >= 15 is 0 Å². The van der Waals surface area contributed by atoms with Gasteiger partial charge in [-0.3, -0.25) is 19.3 Å². The summed E-state index contributed by atoms with van der Waals surface area (Å²) in [6.45, 7) is 3.74. The van der Waals surface area contributed by atoms with Gasteiger partial charge in [0.05, 0.1) is 21.7 Å². The second kappa shape index (κ2) is 10.7. The van der Waals surface area contributed by atoms with Crippen molar-refractivity contribution in [2.45, 2.75) is 20.4 Å². The smallest absolute Gasteiger partial charge is 0.335 e. The highest BCUT2D eigenvalue weighted by molar-refractivity contribution is 6.34. The lowest BCUT2D eigenvalue weighted by molar-refractivity contribution is -0.124. The van der Waals surface area contributed by atoms with Crippen molar-refractivity contribution in [1.82, 2.24) is 5.32 Å². The fraction of sp³-hybridized carbons (Fsp3) is 0.185. The largest absolute Gasteiger partial charge is 0.478 e. The lowest BCUT2D eigenvalue weighted by Gasteiger charge is -2.29. The zero-order valence-electron chi connectivity index (χ0n) is 20.1. The van der Waals surface area contributed by atoms with E-state index in [1.54, 1.807) is 56.3 Å². The molecule has 3 aromatic rings. The average molecular weight is 522 g/mol. The summed E-state index contributed by atoms with van der Waals surface area (Å²) < 4.78 is 5.69. The van der Waals surface area contributed by atoms with Crippen LogP contribution in [0.3, 0.4) is 0 Å². The molecule has 0 saturated carbocycles. The monoisotopic (exact) mass is 521 g/mol. The van der Waals surface area contributed by atoms with E-state index in [0.717, 1.165) is 0 Å². The number of carbonyl (C=O) groups is 4. The van der Waals surface area contributed by atoms with Gasteiger partial charge in [0.1, 0.15) is 5.75 Å². The van der Waals surface area contributed by atoms with Gasteiger partial charge in [0.2, 0.25) is 5.91 Å². The number of hydrogen-bond acceptors (Lipinski definition) is 5. The van der Waals surface area contributed by atoms with Gasteiger partial charge in [-0.2, -0.15) is 0 Å². The molecule has 0 fully saturated rings. The number of amides is 3. The lowest BCUT2D eigenvalue weighted by Crippen LogP contribution is -2.38. The number of rotatable bonds is 7. The van der Waals surface area contributed by atoms with Gasteiger partial charge in [0.15, 0.2) is 6.73 Å².